The summed E-state index contributed by atoms with van der Waals surface area (Å²) in [5, 5.41) is 16.6. The molecule has 0 aliphatic heterocycles. The lowest BCUT2D eigenvalue weighted by Crippen LogP contribution is -2.37. The van der Waals surface area contributed by atoms with Crippen molar-refractivity contribution >= 4 is 34.7 Å². The van der Waals surface area contributed by atoms with E-state index < -0.39 is 6.04 Å². The standard InChI is InChI=1S/C13H12ClN3O2S/c14-9-6-7-20-11(9)13(18)16-10(12(15)17-19)8-4-2-1-3-5-8/h1-7,10,19H,(H2,15,17)(H,16,18). The zero-order valence-corrected chi connectivity index (χ0v) is 11.9. The second kappa shape index (κ2) is 6.40. The number of hydrogen-bond donors (Lipinski definition) is 3. The number of thiophene rings is 1. The van der Waals surface area contributed by atoms with Gasteiger partial charge in [-0.3, -0.25) is 4.79 Å². The van der Waals surface area contributed by atoms with Gasteiger partial charge in [0.2, 0.25) is 0 Å². The lowest BCUT2D eigenvalue weighted by Gasteiger charge is -2.17. The molecule has 0 saturated heterocycles. The minimum Gasteiger partial charge on any atom is -0.409 e. The van der Waals surface area contributed by atoms with Crippen LogP contribution >= 0.6 is 22.9 Å². The molecule has 0 radical (unpaired) electrons. The molecule has 0 aliphatic carbocycles. The predicted octanol–water partition coefficient (Wildman–Crippen LogP) is 2.62. The van der Waals surface area contributed by atoms with E-state index in [0.29, 0.717) is 15.5 Å². The van der Waals surface area contributed by atoms with Crippen LogP contribution in [-0.4, -0.2) is 17.0 Å². The summed E-state index contributed by atoms with van der Waals surface area (Å²) in [5.74, 6) is -0.470. The van der Waals surface area contributed by atoms with E-state index in [1.54, 1.807) is 35.7 Å². The number of nitrogens with zero attached hydrogens (tertiary/aromatic N) is 1. The van der Waals surface area contributed by atoms with Gasteiger partial charge >= 0.3 is 0 Å². The first-order valence-electron chi connectivity index (χ1n) is 5.69. The zero-order chi connectivity index (χ0) is 14.5. The van der Waals surface area contributed by atoms with E-state index in [-0.39, 0.29) is 11.7 Å². The van der Waals surface area contributed by atoms with Crippen LogP contribution in [-0.2, 0) is 0 Å². The summed E-state index contributed by atoms with van der Waals surface area (Å²) in [6.07, 6.45) is 0. The van der Waals surface area contributed by atoms with Crippen LogP contribution < -0.4 is 11.1 Å². The van der Waals surface area contributed by atoms with E-state index in [4.69, 9.17) is 22.5 Å². The highest BCUT2D eigenvalue weighted by molar-refractivity contribution is 7.12. The molecule has 1 aromatic carbocycles. The highest BCUT2D eigenvalue weighted by Crippen LogP contribution is 2.23. The van der Waals surface area contributed by atoms with Crippen LogP contribution in [0.5, 0.6) is 0 Å². The van der Waals surface area contributed by atoms with E-state index in [2.05, 4.69) is 10.5 Å². The number of benzene rings is 1. The molecular weight excluding hydrogens is 298 g/mol. The van der Waals surface area contributed by atoms with Crippen molar-refractivity contribution in [1.82, 2.24) is 5.32 Å². The predicted molar refractivity (Wildman–Crippen MR) is 79.4 cm³/mol. The number of halogens is 1. The van der Waals surface area contributed by atoms with E-state index in [1.807, 2.05) is 6.07 Å². The highest BCUT2D eigenvalue weighted by Gasteiger charge is 2.21. The molecule has 0 fully saturated rings. The summed E-state index contributed by atoms with van der Waals surface area (Å²) in [7, 11) is 0. The Morgan fingerprint density at radius 3 is 2.60 bits per heavy atom. The van der Waals surface area contributed by atoms with Crippen molar-refractivity contribution in [3.63, 3.8) is 0 Å². The van der Waals surface area contributed by atoms with E-state index in [0.717, 1.165) is 0 Å². The minimum atomic E-state index is -0.716. The van der Waals surface area contributed by atoms with Crippen molar-refractivity contribution in [1.29, 1.82) is 0 Å². The molecule has 2 aromatic rings. The maximum Gasteiger partial charge on any atom is 0.263 e. The van der Waals surface area contributed by atoms with Gasteiger partial charge in [0.15, 0.2) is 5.84 Å². The Bertz CT molecular complexity index is 628. The topological polar surface area (TPSA) is 87.7 Å². The second-order valence-electron chi connectivity index (χ2n) is 3.94. The van der Waals surface area contributed by atoms with Crippen molar-refractivity contribution in [2.45, 2.75) is 6.04 Å². The Labute approximate surface area is 124 Å². The van der Waals surface area contributed by atoms with Gasteiger partial charge in [-0.25, -0.2) is 0 Å². The Balaban J connectivity index is 2.26. The van der Waals surface area contributed by atoms with Crippen LogP contribution in [0.2, 0.25) is 5.02 Å². The van der Waals surface area contributed by atoms with Gasteiger partial charge in [0.25, 0.3) is 5.91 Å². The third-order valence-corrected chi connectivity index (χ3v) is 3.98. The summed E-state index contributed by atoms with van der Waals surface area (Å²) < 4.78 is 0. The highest BCUT2D eigenvalue weighted by atomic mass is 35.5. The quantitative estimate of drug-likeness (QED) is 0.351. The second-order valence-corrected chi connectivity index (χ2v) is 5.26. The molecule has 1 amide bonds. The zero-order valence-electron chi connectivity index (χ0n) is 10.3. The maximum absolute atomic E-state index is 12.2. The first kappa shape index (κ1) is 14.4. The summed E-state index contributed by atoms with van der Waals surface area (Å²) >= 11 is 7.14. The molecule has 0 saturated carbocycles. The third-order valence-electron chi connectivity index (χ3n) is 2.64. The van der Waals surface area contributed by atoms with Crippen LogP contribution in [0.1, 0.15) is 21.3 Å². The number of amidine groups is 1. The van der Waals surface area contributed by atoms with Gasteiger partial charge in [0.1, 0.15) is 10.9 Å². The van der Waals surface area contributed by atoms with Crippen molar-refractivity contribution in [3.05, 3.63) is 57.2 Å². The van der Waals surface area contributed by atoms with Crippen LogP contribution in [0, 0.1) is 0 Å². The number of nitrogens with two attached hydrogens (primary N) is 1. The Morgan fingerprint density at radius 1 is 1.35 bits per heavy atom. The van der Waals surface area contributed by atoms with E-state index >= 15 is 0 Å². The van der Waals surface area contributed by atoms with Gasteiger partial charge in [-0.15, -0.1) is 11.3 Å². The SMILES string of the molecule is N/C(=N/O)C(NC(=O)c1sccc1Cl)c1ccccc1. The fraction of sp³-hybridized carbons (Fsp3) is 0.0769. The third kappa shape index (κ3) is 3.09. The monoisotopic (exact) mass is 309 g/mol. The van der Waals surface area contributed by atoms with Gasteiger partial charge in [-0.2, -0.15) is 0 Å². The summed E-state index contributed by atoms with van der Waals surface area (Å²) in [6, 6.07) is 9.92. The van der Waals surface area contributed by atoms with Crippen molar-refractivity contribution in [3.8, 4) is 0 Å². The molecule has 0 spiro atoms. The molecule has 0 bridgehead atoms. The van der Waals surface area contributed by atoms with Gasteiger partial charge in [0, 0.05) is 0 Å². The first-order valence-corrected chi connectivity index (χ1v) is 6.95. The van der Waals surface area contributed by atoms with E-state index in [1.165, 1.54) is 11.3 Å². The number of carbonyl (C=O) groups is 1. The lowest BCUT2D eigenvalue weighted by molar-refractivity contribution is 0.0950. The fourth-order valence-corrected chi connectivity index (χ4v) is 2.73. The van der Waals surface area contributed by atoms with Gasteiger partial charge in [-0.1, -0.05) is 47.1 Å². The lowest BCUT2D eigenvalue weighted by atomic mass is 10.1. The Hall–Kier alpha value is -2.05. The normalized spacial score (nSPS) is 12.9. The first-order chi connectivity index (χ1) is 9.63. The molecule has 5 nitrogen and oxygen atoms in total. The molecule has 4 N–H and O–H groups in total. The molecule has 1 heterocycles. The number of nitrogens with one attached hydrogen (secondary N) is 1. The summed E-state index contributed by atoms with van der Waals surface area (Å²) in [6.45, 7) is 0. The molecule has 2 rings (SSSR count). The molecule has 1 aromatic heterocycles. The molecule has 104 valence electrons. The number of carbonyl (C=O) groups excluding carboxylic acids is 1. The van der Waals surface area contributed by atoms with Crippen molar-refractivity contribution in [2.24, 2.45) is 10.9 Å². The van der Waals surface area contributed by atoms with Crippen LogP contribution in [0.15, 0.2) is 46.9 Å². The van der Waals surface area contributed by atoms with Crippen molar-refractivity contribution < 1.29 is 10.0 Å². The number of rotatable bonds is 4. The van der Waals surface area contributed by atoms with Gasteiger partial charge in [-0.05, 0) is 17.0 Å². The van der Waals surface area contributed by atoms with Gasteiger partial charge < -0.3 is 16.3 Å². The summed E-state index contributed by atoms with van der Waals surface area (Å²) in [4.78, 5) is 12.5. The summed E-state index contributed by atoms with van der Waals surface area (Å²) in [5.41, 5.74) is 6.36. The maximum atomic E-state index is 12.2. The molecule has 1 unspecified atom stereocenters. The number of oxime groups is 1. The minimum absolute atomic E-state index is 0.0998. The molecular formula is C13H12ClN3O2S. The fourth-order valence-electron chi connectivity index (χ4n) is 1.68. The molecule has 1 atom stereocenters. The number of amides is 1. The van der Waals surface area contributed by atoms with Gasteiger partial charge in [0.05, 0.1) is 5.02 Å². The number of hydrogen-bond acceptors (Lipinski definition) is 4. The van der Waals surface area contributed by atoms with Crippen LogP contribution in [0.4, 0.5) is 0 Å². The average molecular weight is 310 g/mol. The van der Waals surface area contributed by atoms with E-state index in [9.17, 15) is 4.79 Å². The largest absolute Gasteiger partial charge is 0.409 e. The smallest absolute Gasteiger partial charge is 0.263 e. The van der Waals surface area contributed by atoms with Crippen LogP contribution in [0.25, 0.3) is 0 Å². The average Bonchev–Trinajstić information content (AvgIpc) is 2.91. The molecule has 0 aliphatic rings. The van der Waals surface area contributed by atoms with Crippen molar-refractivity contribution in [2.75, 3.05) is 0 Å². The molecule has 7 heteroatoms. The Kier molecular flexibility index (Phi) is 4.60. The molecule has 20 heavy (non-hydrogen) atoms. The Morgan fingerprint density at radius 2 is 2.05 bits per heavy atom. The van der Waals surface area contributed by atoms with Crippen LogP contribution in [0.3, 0.4) is 0 Å².